The van der Waals surface area contributed by atoms with E-state index in [-0.39, 0.29) is 45.6 Å². The number of ether oxygens (including phenoxy) is 12. The number of unbranched alkanes of at least 4 members (excludes halogenated alkanes) is 5. The van der Waals surface area contributed by atoms with Gasteiger partial charge in [-0.05, 0) is 29.5 Å². The number of hydrogen-bond acceptors (Lipinski definition) is 15. The Morgan fingerprint density at radius 3 is 1.68 bits per heavy atom. The monoisotopic (exact) mass is 954 g/mol. The average Bonchev–Trinajstić information content (AvgIpc) is 3.37. The van der Waals surface area contributed by atoms with Gasteiger partial charge in [0.2, 0.25) is 0 Å². The number of hydrogen-bond donors (Lipinski definition) is 0. The Hall–Kier alpha value is -5.07. The van der Waals surface area contributed by atoms with Crippen LogP contribution in [0.2, 0.25) is 0 Å². The summed E-state index contributed by atoms with van der Waals surface area (Å²) in [6.45, 7) is 3.36. The predicted molar refractivity (Wildman–Crippen MR) is 250 cm³/mol. The van der Waals surface area contributed by atoms with E-state index in [1.165, 1.54) is 21.0 Å². The van der Waals surface area contributed by atoms with Gasteiger partial charge in [-0.1, -0.05) is 147 Å². The molecule has 3 aliphatic heterocycles. The Kier molecular flexibility index (Phi) is 20.5. The number of methoxy groups -OCH3 is 1. The van der Waals surface area contributed by atoms with Crippen molar-refractivity contribution in [2.75, 3.05) is 26.9 Å². The van der Waals surface area contributed by atoms with Crippen LogP contribution in [0, 0.1) is 0 Å². The Bertz CT molecular complexity index is 2110. The molecular formula is C54H66O15. The maximum Gasteiger partial charge on any atom is 0.305 e. The summed E-state index contributed by atoms with van der Waals surface area (Å²) in [5, 5.41) is 0. The minimum absolute atomic E-state index is 0.114. The van der Waals surface area contributed by atoms with Crippen molar-refractivity contribution in [2.24, 2.45) is 0 Å². The molecule has 11 atom stereocenters. The molecule has 3 heterocycles. The number of fused-ring (bicyclic) bond motifs is 1. The highest BCUT2D eigenvalue weighted by Crippen LogP contribution is 2.40. The van der Waals surface area contributed by atoms with Crippen LogP contribution in [0.3, 0.4) is 0 Å². The molecule has 0 N–H and O–H groups in total. The van der Waals surface area contributed by atoms with Gasteiger partial charge in [0.05, 0.1) is 33.5 Å². The molecule has 0 spiro atoms. The van der Waals surface area contributed by atoms with Gasteiger partial charge in [0, 0.05) is 32.4 Å². The van der Waals surface area contributed by atoms with Crippen LogP contribution in [0.4, 0.5) is 0 Å². The van der Waals surface area contributed by atoms with Gasteiger partial charge in [0.1, 0.15) is 43.2 Å². The maximum absolute atomic E-state index is 13.2. The SMILES string of the molecule is COC(=O)CCCCCCCCO[C@H]1O[C@@H]2COC(c3ccccc3)O[C@H]2[C@H](OC(C)=O)[C@H]1O[C@H]1O[C@H](COC(C)=O)[C@@H](OCc2ccccc2)[C@H](OCc2ccccc2)[C@H]1OCc1ccccc1. The normalized spacial score (nSPS) is 26.6. The molecule has 3 fully saturated rings. The van der Waals surface area contributed by atoms with E-state index >= 15 is 0 Å². The summed E-state index contributed by atoms with van der Waals surface area (Å²) in [6, 6.07) is 38.6. The summed E-state index contributed by atoms with van der Waals surface area (Å²) in [4.78, 5) is 37.2. The molecule has 4 aromatic carbocycles. The lowest BCUT2D eigenvalue weighted by molar-refractivity contribution is -0.398. The third-order valence-electron chi connectivity index (χ3n) is 12.1. The summed E-state index contributed by atoms with van der Waals surface area (Å²) >= 11 is 0. The molecule has 3 aliphatic rings. The zero-order valence-electron chi connectivity index (χ0n) is 39.7. The zero-order chi connectivity index (χ0) is 48.2. The third kappa shape index (κ3) is 15.7. The molecule has 4 aromatic rings. The Morgan fingerprint density at radius 1 is 0.551 bits per heavy atom. The molecule has 1 unspecified atom stereocenters. The molecule has 372 valence electrons. The maximum atomic E-state index is 13.2. The van der Waals surface area contributed by atoms with Gasteiger partial charge < -0.3 is 56.8 Å². The zero-order valence-corrected chi connectivity index (χ0v) is 39.7. The van der Waals surface area contributed by atoms with Crippen LogP contribution >= 0.6 is 0 Å². The van der Waals surface area contributed by atoms with E-state index in [4.69, 9.17) is 56.8 Å². The Balaban J connectivity index is 1.21. The smallest absolute Gasteiger partial charge is 0.305 e. The number of carbonyl (C=O) groups is 3. The van der Waals surface area contributed by atoms with Gasteiger partial charge in [-0.2, -0.15) is 0 Å². The second kappa shape index (κ2) is 27.4. The molecule has 0 bridgehead atoms. The van der Waals surface area contributed by atoms with Crippen molar-refractivity contribution in [1.82, 2.24) is 0 Å². The minimum Gasteiger partial charge on any atom is -0.469 e. The summed E-state index contributed by atoms with van der Waals surface area (Å²) < 4.78 is 77.2. The fraction of sp³-hybridized carbons (Fsp3) is 0.500. The van der Waals surface area contributed by atoms with Crippen molar-refractivity contribution >= 4 is 17.9 Å². The van der Waals surface area contributed by atoms with E-state index in [0.29, 0.717) is 12.8 Å². The van der Waals surface area contributed by atoms with Gasteiger partial charge in [-0.25, -0.2) is 0 Å². The first-order valence-electron chi connectivity index (χ1n) is 24.0. The third-order valence-corrected chi connectivity index (χ3v) is 12.1. The lowest BCUT2D eigenvalue weighted by Crippen LogP contribution is -2.67. The molecule has 69 heavy (non-hydrogen) atoms. The molecular weight excluding hydrogens is 889 g/mol. The van der Waals surface area contributed by atoms with Crippen molar-refractivity contribution < 1.29 is 71.2 Å². The van der Waals surface area contributed by atoms with Crippen molar-refractivity contribution in [1.29, 1.82) is 0 Å². The summed E-state index contributed by atoms with van der Waals surface area (Å²) in [6.07, 6.45) is -5.07. The van der Waals surface area contributed by atoms with Gasteiger partial charge >= 0.3 is 17.9 Å². The topological polar surface area (TPSA) is 162 Å². The first-order valence-corrected chi connectivity index (χ1v) is 24.0. The fourth-order valence-corrected chi connectivity index (χ4v) is 8.65. The number of rotatable bonds is 25. The van der Waals surface area contributed by atoms with Crippen molar-refractivity contribution in [3.05, 3.63) is 144 Å². The first kappa shape index (κ1) is 51.8. The van der Waals surface area contributed by atoms with E-state index in [9.17, 15) is 14.4 Å². The van der Waals surface area contributed by atoms with Crippen LogP contribution in [-0.4, -0.2) is 106 Å². The number of benzene rings is 4. The summed E-state index contributed by atoms with van der Waals surface area (Å²) in [5.41, 5.74) is 3.47. The lowest BCUT2D eigenvalue weighted by atomic mass is 9.95. The standard InChI is InChI=1S/C54H66O15/c1-37(55)60-35-43-46(61-32-39-22-12-8-13-23-39)48(62-33-40-24-14-9-15-25-40)50(63-34-41-26-16-10-17-27-41)54(67-43)69-51-49(65-38(2)56)47-44(36-64-52(68-47)42-28-18-11-19-29-42)66-53(51)59-31-21-7-5-4-6-20-30-45(57)58-3/h8-19,22-29,43-44,46-54H,4-7,20-21,30-36H2,1-3H3/t43-,44-,46-,47-,48+,49+,50-,51-,52?,53+,54-/m1/s1. The van der Waals surface area contributed by atoms with Crippen LogP contribution in [0.25, 0.3) is 0 Å². The second-order valence-electron chi connectivity index (χ2n) is 17.3. The fourth-order valence-electron chi connectivity index (χ4n) is 8.65. The van der Waals surface area contributed by atoms with Crippen LogP contribution in [0.15, 0.2) is 121 Å². The number of esters is 3. The van der Waals surface area contributed by atoms with E-state index < -0.39 is 79.6 Å². The number of carbonyl (C=O) groups excluding carboxylic acids is 3. The van der Waals surface area contributed by atoms with Crippen LogP contribution in [0.1, 0.15) is 87.3 Å². The van der Waals surface area contributed by atoms with E-state index in [2.05, 4.69) is 0 Å². The predicted octanol–water partition coefficient (Wildman–Crippen LogP) is 8.11. The molecule has 0 aromatic heterocycles. The molecule has 0 amide bonds. The van der Waals surface area contributed by atoms with Crippen LogP contribution in [0.5, 0.6) is 0 Å². The molecule has 0 aliphatic carbocycles. The molecule has 3 saturated heterocycles. The summed E-state index contributed by atoms with van der Waals surface area (Å²) in [7, 11) is 1.40. The average molecular weight is 955 g/mol. The van der Waals surface area contributed by atoms with Crippen LogP contribution in [-0.2, 0) is 91.0 Å². The van der Waals surface area contributed by atoms with Gasteiger partial charge in [0.25, 0.3) is 0 Å². The van der Waals surface area contributed by atoms with Crippen molar-refractivity contribution in [2.45, 2.75) is 146 Å². The van der Waals surface area contributed by atoms with E-state index in [1.54, 1.807) is 0 Å². The second-order valence-corrected chi connectivity index (χ2v) is 17.3. The lowest BCUT2D eigenvalue weighted by Gasteiger charge is -2.51. The molecule has 0 radical (unpaired) electrons. The van der Waals surface area contributed by atoms with Gasteiger partial charge in [0.15, 0.2) is 31.1 Å². The highest BCUT2D eigenvalue weighted by Gasteiger charge is 2.57. The Labute approximate surface area is 404 Å². The van der Waals surface area contributed by atoms with Crippen LogP contribution < -0.4 is 0 Å². The van der Waals surface area contributed by atoms with E-state index in [1.807, 2.05) is 121 Å². The molecule has 15 heteroatoms. The Morgan fingerprint density at radius 2 is 1.10 bits per heavy atom. The quantitative estimate of drug-likeness (QED) is 0.0356. The van der Waals surface area contributed by atoms with Gasteiger partial charge in [-0.3, -0.25) is 14.4 Å². The molecule has 15 nitrogen and oxygen atoms in total. The van der Waals surface area contributed by atoms with Gasteiger partial charge in [-0.15, -0.1) is 0 Å². The largest absolute Gasteiger partial charge is 0.469 e. The minimum atomic E-state index is -1.27. The highest BCUT2D eigenvalue weighted by molar-refractivity contribution is 5.69. The molecule has 7 rings (SSSR count). The van der Waals surface area contributed by atoms with Crippen molar-refractivity contribution in [3.8, 4) is 0 Å². The van der Waals surface area contributed by atoms with Crippen molar-refractivity contribution in [3.63, 3.8) is 0 Å². The first-order chi connectivity index (χ1) is 33.7. The molecule has 0 saturated carbocycles. The summed E-state index contributed by atoms with van der Waals surface area (Å²) in [5.74, 6) is -1.28. The highest BCUT2D eigenvalue weighted by atomic mass is 16.8. The van der Waals surface area contributed by atoms with E-state index in [0.717, 1.165) is 54.4 Å².